The molecule has 0 amide bonds. The standard InChI is InChI=1S/C13H17Cl2NO/c1-9-6-12(4-5-17-9)16-8-10-7-11(14)2-3-13(10)15/h2-3,7,9,12,16H,4-6,8H2,1H3. The molecule has 1 aliphatic rings. The lowest BCUT2D eigenvalue weighted by atomic mass is 10.0. The molecule has 94 valence electrons. The molecular formula is C13H17Cl2NO. The second-order valence-electron chi connectivity index (χ2n) is 4.52. The highest BCUT2D eigenvalue weighted by atomic mass is 35.5. The average molecular weight is 274 g/mol. The summed E-state index contributed by atoms with van der Waals surface area (Å²) in [4.78, 5) is 0. The van der Waals surface area contributed by atoms with E-state index in [4.69, 9.17) is 27.9 Å². The van der Waals surface area contributed by atoms with Crippen molar-refractivity contribution in [2.45, 2.75) is 38.5 Å². The second-order valence-corrected chi connectivity index (χ2v) is 5.36. The Labute approximate surface area is 112 Å². The zero-order chi connectivity index (χ0) is 12.3. The fraction of sp³-hybridized carbons (Fsp3) is 0.538. The number of hydrogen-bond acceptors (Lipinski definition) is 2. The van der Waals surface area contributed by atoms with Crippen LogP contribution in [0.2, 0.25) is 10.0 Å². The first-order chi connectivity index (χ1) is 8.15. The maximum atomic E-state index is 6.12. The van der Waals surface area contributed by atoms with E-state index in [2.05, 4.69) is 12.2 Å². The van der Waals surface area contributed by atoms with E-state index in [0.717, 1.165) is 41.6 Å². The van der Waals surface area contributed by atoms with Crippen LogP contribution >= 0.6 is 23.2 Å². The number of halogens is 2. The molecule has 0 spiro atoms. The van der Waals surface area contributed by atoms with E-state index >= 15 is 0 Å². The third kappa shape index (κ3) is 3.85. The van der Waals surface area contributed by atoms with Gasteiger partial charge in [-0.3, -0.25) is 0 Å². The molecule has 2 rings (SSSR count). The van der Waals surface area contributed by atoms with Crippen molar-refractivity contribution < 1.29 is 4.74 Å². The van der Waals surface area contributed by atoms with Gasteiger partial charge in [0, 0.05) is 29.2 Å². The highest BCUT2D eigenvalue weighted by molar-refractivity contribution is 6.33. The van der Waals surface area contributed by atoms with Crippen LogP contribution in [0.1, 0.15) is 25.3 Å². The van der Waals surface area contributed by atoms with Crippen LogP contribution in [-0.2, 0) is 11.3 Å². The van der Waals surface area contributed by atoms with Crippen molar-refractivity contribution in [2.75, 3.05) is 6.61 Å². The van der Waals surface area contributed by atoms with Gasteiger partial charge in [0.25, 0.3) is 0 Å². The smallest absolute Gasteiger partial charge is 0.0561 e. The SMILES string of the molecule is CC1CC(NCc2cc(Cl)ccc2Cl)CCO1. The van der Waals surface area contributed by atoms with Gasteiger partial charge >= 0.3 is 0 Å². The maximum Gasteiger partial charge on any atom is 0.0561 e. The van der Waals surface area contributed by atoms with Gasteiger partial charge < -0.3 is 10.1 Å². The molecule has 2 atom stereocenters. The Morgan fingerprint density at radius 1 is 1.41 bits per heavy atom. The molecule has 1 aromatic carbocycles. The summed E-state index contributed by atoms with van der Waals surface area (Å²) in [6.07, 6.45) is 2.46. The van der Waals surface area contributed by atoms with Gasteiger partial charge in [-0.2, -0.15) is 0 Å². The zero-order valence-corrected chi connectivity index (χ0v) is 11.4. The lowest BCUT2D eigenvalue weighted by Gasteiger charge is -2.28. The van der Waals surface area contributed by atoms with Crippen LogP contribution < -0.4 is 5.32 Å². The average Bonchev–Trinajstić information content (AvgIpc) is 2.30. The van der Waals surface area contributed by atoms with E-state index in [-0.39, 0.29) is 0 Å². The summed E-state index contributed by atoms with van der Waals surface area (Å²) in [7, 11) is 0. The molecule has 0 saturated carbocycles. The van der Waals surface area contributed by atoms with E-state index in [0.29, 0.717) is 12.1 Å². The van der Waals surface area contributed by atoms with E-state index in [1.54, 1.807) is 0 Å². The predicted octanol–water partition coefficient (Wildman–Crippen LogP) is 3.65. The summed E-state index contributed by atoms with van der Waals surface area (Å²) in [5.41, 5.74) is 1.05. The zero-order valence-electron chi connectivity index (χ0n) is 9.88. The number of hydrogen-bond donors (Lipinski definition) is 1. The maximum absolute atomic E-state index is 6.12. The first kappa shape index (κ1) is 13.2. The fourth-order valence-electron chi connectivity index (χ4n) is 2.12. The molecule has 1 heterocycles. The van der Waals surface area contributed by atoms with E-state index in [1.165, 1.54) is 0 Å². The highest BCUT2D eigenvalue weighted by Gasteiger charge is 2.18. The van der Waals surface area contributed by atoms with Gasteiger partial charge in [-0.15, -0.1) is 0 Å². The normalized spacial score (nSPS) is 24.9. The molecule has 17 heavy (non-hydrogen) atoms. The first-order valence-corrected chi connectivity index (χ1v) is 6.69. The van der Waals surface area contributed by atoms with Gasteiger partial charge in [-0.1, -0.05) is 23.2 Å². The molecular weight excluding hydrogens is 257 g/mol. The number of benzene rings is 1. The van der Waals surface area contributed by atoms with Crippen molar-refractivity contribution in [1.82, 2.24) is 5.32 Å². The molecule has 0 bridgehead atoms. The Hall–Kier alpha value is -0.280. The molecule has 1 fully saturated rings. The van der Waals surface area contributed by atoms with Crippen molar-refractivity contribution in [3.8, 4) is 0 Å². The van der Waals surface area contributed by atoms with E-state index in [1.807, 2.05) is 18.2 Å². The quantitative estimate of drug-likeness (QED) is 0.908. The van der Waals surface area contributed by atoms with Crippen molar-refractivity contribution in [1.29, 1.82) is 0 Å². The third-order valence-electron chi connectivity index (χ3n) is 3.07. The molecule has 1 N–H and O–H groups in total. The van der Waals surface area contributed by atoms with Gasteiger partial charge in [-0.05, 0) is 43.5 Å². The lowest BCUT2D eigenvalue weighted by Crippen LogP contribution is -2.37. The predicted molar refractivity (Wildman–Crippen MR) is 71.7 cm³/mol. The molecule has 1 aromatic rings. The molecule has 1 aliphatic heterocycles. The molecule has 0 radical (unpaired) electrons. The van der Waals surface area contributed by atoms with Crippen molar-refractivity contribution in [3.63, 3.8) is 0 Å². The van der Waals surface area contributed by atoms with Crippen LogP contribution in [0.4, 0.5) is 0 Å². The largest absolute Gasteiger partial charge is 0.378 e. The summed E-state index contributed by atoms with van der Waals surface area (Å²) >= 11 is 12.1. The molecule has 2 unspecified atom stereocenters. The monoisotopic (exact) mass is 273 g/mol. The van der Waals surface area contributed by atoms with Crippen molar-refractivity contribution >= 4 is 23.2 Å². The Bertz CT molecular complexity index is 384. The Morgan fingerprint density at radius 3 is 3.00 bits per heavy atom. The highest BCUT2D eigenvalue weighted by Crippen LogP contribution is 2.21. The van der Waals surface area contributed by atoms with E-state index < -0.39 is 0 Å². The van der Waals surface area contributed by atoms with Crippen LogP contribution in [0, 0.1) is 0 Å². The number of ether oxygens (including phenoxy) is 1. The topological polar surface area (TPSA) is 21.3 Å². The lowest BCUT2D eigenvalue weighted by molar-refractivity contribution is 0.0130. The van der Waals surface area contributed by atoms with Crippen molar-refractivity contribution in [3.05, 3.63) is 33.8 Å². The van der Waals surface area contributed by atoms with Crippen LogP contribution in [0.15, 0.2) is 18.2 Å². The Balaban J connectivity index is 1.90. The van der Waals surface area contributed by atoms with Crippen LogP contribution in [0.3, 0.4) is 0 Å². The van der Waals surface area contributed by atoms with Gasteiger partial charge in [0.05, 0.1) is 6.10 Å². The van der Waals surface area contributed by atoms with E-state index in [9.17, 15) is 0 Å². The molecule has 1 saturated heterocycles. The first-order valence-electron chi connectivity index (χ1n) is 5.94. The molecule has 2 nitrogen and oxygen atoms in total. The molecule has 4 heteroatoms. The van der Waals surface area contributed by atoms with Gasteiger partial charge in [0.2, 0.25) is 0 Å². The van der Waals surface area contributed by atoms with Gasteiger partial charge in [0.1, 0.15) is 0 Å². The summed E-state index contributed by atoms with van der Waals surface area (Å²) in [5, 5.41) is 5.01. The van der Waals surface area contributed by atoms with Gasteiger partial charge in [0.15, 0.2) is 0 Å². The summed E-state index contributed by atoms with van der Waals surface area (Å²) in [6, 6.07) is 6.07. The summed E-state index contributed by atoms with van der Waals surface area (Å²) in [6.45, 7) is 3.71. The minimum atomic E-state index is 0.344. The Kier molecular flexibility index (Phi) is 4.69. The number of rotatable bonds is 3. The summed E-state index contributed by atoms with van der Waals surface area (Å²) in [5.74, 6) is 0. The fourth-order valence-corrected chi connectivity index (χ4v) is 2.50. The van der Waals surface area contributed by atoms with Gasteiger partial charge in [-0.25, -0.2) is 0 Å². The summed E-state index contributed by atoms with van der Waals surface area (Å²) < 4.78 is 5.52. The number of nitrogens with one attached hydrogen (secondary N) is 1. The second kappa shape index (κ2) is 6.05. The molecule has 0 aromatic heterocycles. The molecule has 0 aliphatic carbocycles. The van der Waals surface area contributed by atoms with Crippen molar-refractivity contribution in [2.24, 2.45) is 0 Å². The third-order valence-corrected chi connectivity index (χ3v) is 3.68. The van der Waals surface area contributed by atoms with Crippen LogP contribution in [0.5, 0.6) is 0 Å². The van der Waals surface area contributed by atoms with Crippen LogP contribution in [-0.4, -0.2) is 18.8 Å². The minimum absolute atomic E-state index is 0.344. The van der Waals surface area contributed by atoms with Crippen LogP contribution in [0.25, 0.3) is 0 Å². The Morgan fingerprint density at radius 2 is 2.24 bits per heavy atom. The minimum Gasteiger partial charge on any atom is -0.378 e.